The lowest BCUT2D eigenvalue weighted by molar-refractivity contribution is -0.435. The normalized spacial score (nSPS) is 47.6. The molecule has 2 heterocycles. The van der Waals surface area contributed by atoms with Crippen molar-refractivity contribution in [3.8, 4) is 0 Å². The second kappa shape index (κ2) is 5.55. The third-order valence-electron chi connectivity index (χ3n) is 8.06. The SMILES string of the molecule is COC(=O)[C@@]1(C)CCC[C@]2(C)[C@H]3C[C@@H]4OO[C@@]3(C=C4C(C)(C)O)CC[C@H]21. The Balaban J connectivity index is 1.75. The summed E-state index contributed by atoms with van der Waals surface area (Å²) in [7, 11) is 1.50. The molecule has 2 bridgehead atoms. The lowest BCUT2D eigenvalue weighted by Crippen LogP contribution is -2.65. The van der Waals surface area contributed by atoms with E-state index in [0.29, 0.717) is 5.92 Å². The van der Waals surface area contributed by atoms with Gasteiger partial charge in [0.1, 0.15) is 11.7 Å². The smallest absolute Gasteiger partial charge is 0.311 e. The van der Waals surface area contributed by atoms with Gasteiger partial charge >= 0.3 is 5.97 Å². The Labute approximate surface area is 156 Å². The predicted octanol–water partition coefficient (Wildman–Crippen LogP) is 3.55. The van der Waals surface area contributed by atoms with Gasteiger partial charge in [0.25, 0.3) is 0 Å². The number of aliphatic hydroxyl groups is 1. The van der Waals surface area contributed by atoms with Gasteiger partial charge in [-0.2, -0.15) is 0 Å². The lowest BCUT2D eigenvalue weighted by Gasteiger charge is -2.65. The van der Waals surface area contributed by atoms with Crippen molar-refractivity contribution < 1.29 is 24.4 Å². The van der Waals surface area contributed by atoms with E-state index in [-0.39, 0.29) is 23.4 Å². The summed E-state index contributed by atoms with van der Waals surface area (Å²) in [6.45, 7) is 8.06. The molecular formula is C21H32O5. The van der Waals surface area contributed by atoms with Crippen LogP contribution in [0.3, 0.4) is 0 Å². The minimum atomic E-state index is -0.905. The van der Waals surface area contributed by atoms with Crippen LogP contribution in [-0.4, -0.2) is 35.5 Å². The number of fused-ring (bicyclic) bond motifs is 2. The van der Waals surface area contributed by atoms with Crippen molar-refractivity contribution in [1.82, 2.24) is 0 Å². The Morgan fingerprint density at radius 3 is 2.65 bits per heavy atom. The molecule has 5 aliphatic rings. The van der Waals surface area contributed by atoms with E-state index in [2.05, 4.69) is 19.9 Å². The molecule has 1 saturated heterocycles. The van der Waals surface area contributed by atoms with Crippen LogP contribution < -0.4 is 0 Å². The highest BCUT2D eigenvalue weighted by Crippen LogP contribution is 2.67. The van der Waals surface area contributed by atoms with E-state index in [9.17, 15) is 9.90 Å². The molecule has 146 valence electrons. The number of rotatable bonds is 2. The third-order valence-corrected chi connectivity index (χ3v) is 8.06. The number of esters is 1. The largest absolute Gasteiger partial charge is 0.469 e. The molecule has 0 aromatic rings. The first-order valence-electron chi connectivity index (χ1n) is 9.95. The minimum absolute atomic E-state index is 0.00307. The highest BCUT2D eigenvalue weighted by Gasteiger charge is 2.67. The predicted molar refractivity (Wildman–Crippen MR) is 96.0 cm³/mol. The summed E-state index contributed by atoms with van der Waals surface area (Å²) < 4.78 is 5.20. The van der Waals surface area contributed by atoms with Gasteiger partial charge in [-0.05, 0) is 75.9 Å². The quantitative estimate of drug-likeness (QED) is 0.461. The maximum Gasteiger partial charge on any atom is 0.311 e. The fraction of sp³-hybridized carbons (Fsp3) is 0.857. The second-order valence-corrected chi connectivity index (χ2v) is 9.93. The fourth-order valence-electron chi connectivity index (χ4n) is 6.83. The molecule has 0 aromatic carbocycles. The van der Waals surface area contributed by atoms with Crippen LogP contribution in [0, 0.1) is 22.7 Å². The molecule has 2 aliphatic heterocycles. The standard InChI is InChI=1S/C21H32O5/c1-18(2,23)13-12-21-10-7-15-19(3,16(21)11-14(13)25-26-21)8-6-9-20(15,4)17(22)24-5/h12,14-16,23H,6-11H2,1-5H3/t14-,15+,16+,19-,20-,21+/m0/s1. The minimum Gasteiger partial charge on any atom is -0.469 e. The molecule has 5 rings (SSSR count). The Kier molecular flexibility index (Phi) is 3.94. The van der Waals surface area contributed by atoms with Gasteiger partial charge in [-0.15, -0.1) is 0 Å². The molecule has 0 aromatic heterocycles. The van der Waals surface area contributed by atoms with E-state index in [1.54, 1.807) is 0 Å². The molecule has 26 heavy (non-hydrogen) atoms. The van der Waals surface area contributed by atoms with Crippen LogP contribution in [-0.2, 0) is 19.3 Å². The summed E-state index contributed by atoms with van der Waals surface area (Å²) in [5, 5.41) is 10.6. The number of carbonyl (C=O) groups is 1. The number of hydrogen-bond donors (Lipinski definition) is 1. The summed E-state index contributed by atoms with van der Waals surface area (Å²) >= 11 is 0. The van der Waals surface area contributed by atoms with Crippen molar-refractivity contribution in [2.45, 2.75) is 83.5 Å². The van der Waals surface area contributed by atoms with Gasteiger partial charge in [0, 0.05) is 5.92 Å². The first-order chi connectivity index (χ1) is 12.1. The number of ether oxygens (including phenoxy) is 1. The molecule has 3 aliphatic carbocycles. The third kappa shape index (κ3) is 2.29. The Morgan fingerprint density at radius 1 is 1.27 bits per heavy atom. The highest BCUT2D eigenvalue weighted by molar-refractivity contribution is 5.77. The lowest BCUT2D eigenvalue weighted by atomic mass is 9.43. The van der Waals surface area contributed by atoms with Gasteiger partial charge in [-0.25, -0.2) is 9.78 Å². The zero-order valence-electron chi connectivity index (χ0n) is 16.6. The molecule has 1 N–H and O–H groups in total. The van der Waals surface area contributed by atoms with E-state index < -0.39 is 16.6 Å². The Bertz CT molecular complexity index is 649. The molecule has 6 atom stereocenters. The zero-order valence-corrected chi connectivity index (χ0v) is 16.6. The molecule has 3 fully saturated rings. The van der Waals surface area contributed by atoms with Gasteiger partial charge < -0.3 is 9.84 Å². The number of hydrogen-bond acceptors (Lipinski definition) is 5. The summed E-state index contributed by atoms with van der Waals surface area (Å²) in [6.07, 6.45) is 7.53. The van der Waals surface area contributed by atoms with E-state index in [1.807, 2.05) is 13.8 Å². The first-order valence-corrected chi connectivity index (χ1v) is 9.95. The van der Waals surface area contributed by atoms with Crippen molar-refractivity contribution in [3.05, 3.63) is 11.6 Å². The van der Waals surface area contributed by atoms with Crippen LogP contribution in [0.25, 0.3) is 0 Å². The Morgan fingerprint density at radius 2 is 2.00 bits per heavy atom. The summed E-state index contributed by atoms with van der Waals surface area (Å²) in [6, 6.07) is 0. The van der Waals surface area contributed by atoms with Crippen LogP contribution in [0.2, 0.25) is 0 Å². The van der Waals surface area contributed by atoms with Crippen molar-refractivity contribution in [2.24, 2.45) is 22.7 Å². The molecule has 0 radical (unpaired) electrons. The van der Waals surface area contributed by atoms with Crippen LogP contribution >= 0.6 is 0 Å². The van der Waals surface area contributed by atoms with E-state index in [4.69, 9.17) is 14.5 Å². The molecule has 5 nitrogen and oxygen atoms in total. The van der Waals surface area contributed by atoms with Crippen LogP contribution in [0.15, 0.2) is 11.6 Å². The van der Waals surface area contributed by atoms with Crippen molar-refractivity contribution in [3.63, 3.8) is 0 Å². The number of carbonyl (C=O) groups excluding carboxylic acids is 1. The highest BCUT2D eigenvalue weighted by atomic mass is 17.2. The monoisotopic (exact) mass is 364 g/mol. The molecule has 5 heteroatoms. The molecule has 1 spiro atoms. The van der Waals surface area contributed by atoms with E-state index in [0.717, 1.165) is 44.1 Å². The second-order valence-electron chi connectivity index (χ2n) is 9.93. The van der Waals surface area contributed by atoms with Gasteiger partial charge in [-0.3, -0.25) is 4.79 Å². The molecule has 0 unspecified atom stereocenters. The molecule has 2 saturated carbocycles. The summed E-state index contributed by atoms with van der Waals surface area (Å²) in [5.74, 6) is 0.506. The van der Waals surface area contributed by atoms with Crippen LogP contribution in [0.5, 0.6) is 0 Å². The van der Waals surface area contributed by atoms with Gasteiger partial charge in [0.15, 0.2) is 0 Å². The fourth-order valence-corrected chi connectivity index (χ4v) is 6.83. The maximum absolute atomic E-state index is 12.7. The van der Waals surface area contributed by atoms with Gasteiger partial charge in [0.05, 0.1) is 18.1 Å². The van der Waals surface area contributed by atoms with E-state index >= 15 is 0 Å². The zero-order chi connectivity index (χ0) is 19.0. The first kappa shape index (κ1) is 18.5. The molecular weight excluding hydrogens is 332 g/mol. The average Bonchev–Trinajstić information content (AvgIpc) is 2.59. The van der Waals surface area contributed by atoms with E-state index in [1.165, 1.54) is 7.11 Å². The average molecular weight is 364 g/mol. The van der Waals surface area contributed by atoms with Crippen molar-refractivity contribution in [2.75, 3.05) is 7.11 Å². The van der Waals surface area contributed by atoms with Crippen LogP contribution in [0.4, 0.5) is 0 Å². The Hall–Kier alpha value is -0.910. The van der Waals surface area contributed by atoms with Gasteiger partial charge in [-0.1, -0.05) is 13.3 Å². The maximum atomic E-state index is 12.7. The van der Waals surface area contributed by atoms with Gasteiger partial charge in [0.2, 0.25) is 0 Å². The summed E-state index contributed by atoms with van der Waals surface area (Å²) in [5.41, 5.74) is -0.873. The number of methoxy groups -OCH3 is 1. The van der Waals surface area contributed by atoms with Crippen molar-refractivity contribution in [1.29, 1.82) is 0 Å². The summed E-state index contributed by atoms with van der Waals surface area (Å²) in [4.78, 5) is 24.3. The topological polar surface area (TPSA) is 65.0 Å². The molecule has 0 amide bonds. The van der Waals surface area contributed by atoms with Crippen molar-refractivity contribution >= 4 is 5.97 Å². The van der Waals surface area contributed by atoms with Crippen LogP contribution in [0.1, 0.15) is 66.2 Å².